The lowest BCUT2D eigenvalue weighted by molar-refractivity contribution is 0.0698. The van der Waals surface area contributed by atoms with E-state index in [4.69, 9.17) is 0 Å². The molecule has 0 heterocycles. The number of hydrogen-bond donors (Lipinski definition) is 2. The van der Waals surface area contributed by atoms with Crippen LogP contribution in [0.4, 0.5) is 5.69 Å². The van der Waals surface area contributed by atoms with E-state index in [1.165, 1.54) is 5.56 Å². The van der Waals surface area contributed by atoms with E-state index in [1.54, 1.807) is 12.1 Å². The molecule has 4 nitrogen and oxygen atoms in total. The monoisotopic (exact) mass is 379 g/mol. The molecule has 0 spiro atoms. The van der Waals surface area contributed by atoms with Crippen molar-refractivity contribution in [2.24, 2.45) is 0 Å². The van der Waals surface area contributed by atoms with E-state index in [1.807, 2.05) is 54.6 Å². The van der Waals surface area contributed by atoms with Crippen LogP contribution in [0.15, 0.2) is 78.9 Å². The molecule has 0 aromatic heterocycles. The zero-order valence-corrected chi connectivity index (χ0v) is 15.6. The molecule has 3 aromatic carbocycles. The molecule has 0 fully saturated rings. The number of hydrogen-bond acceptors (Lipinski definition) is 2. The Hall–Kier alpha value is -2.92. The molecule has 0 bridgehead atoms. The molecule has 3 aromatic rings. The van der Waals surface area contributed by atoms with E-state index in [2.05, 4.69) is 16.9 Å². The Balaban J connectivity index is 1.73. The van der Waals surface area contributed by atoms with Crippen LogP contribution in [0.1, 0.15) is 27.0 Å². The summed E-state index contributed by atoms with van der Waals surface area (Å²) in [5.41, 5.74) is 3.67. The van der Waals surface area contributed by atoms with Crippen molar-refractivity contribution in [1.82, 2.24) is 0 Å². The Bertz CT molecular complexity index is 927. The van der Waals surface area contributed by atoms with Gasteiger partial charge in [-0.25, -0.2) is 9.00 Å². The summed E-state index contributed by atoms with van der Waals surface area (Å²) >= 11 is 0. The lowest BCUT2D eigenvalue weighted by Crippen LogP contribution is -2.11. The van der Waals surface area contributed by atoms with Crippen LogP contribution in [0, 0.1) is 0 Å². The molecule has 3 rings (SSSR count). The van der Waals surface area contributed by atoms with Crippen LogP contribution in [0.25, 0.3) is 0 Å². The fourth-order valence-electron chi connectivity index (χ4n) is 2.84. The number of carboxylic acid groups (broad SMARTS) is 1. The Morgan fingerprint density at radius 1 is 0.815 bits per heavy atom. The van der Waals surface area contributed by atoms with Gasteiger partial charge in [0.25, 0.3) is 0 Å². The van der Waals surface area contributed by atoms with Crippen molar-refractivity contribution in [3.8, 4) is 0 Å². The van der Waals surface area contributed by atoms with Crippen LogP contribution in [0.3, 0.4) is 0 Å². The third kappa shape index (κ3) is 5.53. The molecular formula is C22H21NO3S. The van der Waals surface area contributed by atoms with Gasteiger partial charge in [0, 0.05) is 0 Å². The summed E-state index contributed by atoms with van der Waals surface area (Å²) in [5.74, 6) is -0.724. The summed E-state index contributed by atoms with van der Waals surface area (Å²) in [6.07, 6.45) is 1.64. The number of rotatable bonds is 8. The maximum Gasteiger partial charge on any atom is 0.337 e. The van der Waals surface area contributed by atoms with Crippen LogP contribution in [-0.2, 0) is 29.6 Å². The zero-order valence-electron chi connectivity index (χ0n) is 14.8. The van der Waals surface area contributed by atoms with E-state index in [0.29, 0.717) is 11.4 Å². The number of benzene rings is 3. The summed E-state index contributed by atoms with van der Waals surface area (Å²) < 4.78 is 15.3. The quantitative estimate of drug-likeness (QED) is 0.608. The number of nitrogens with one attached hydrogen (secondary N) is 1. The zero-order chi connectivity index (χ0) is 19.1. The molecule has 0 amide bonds. The van der Waals surface area contributed by atoms with Gasteiger partial charge in [-0.3, -0.25) is 0 Å². The predicted molar refractivity (Wildman–Crippen MR) is 109 cm³/mol. The predicted octanol–water partition coefficient (Wildman–Crippen LogP) is 4.45. The van der Waals surface area contributed by atoms with Crippen molar-refractivity contribution in [1.29, 1.82) is 0 Å². The van der Waals surface area contributed by atoms with Crippen LogP contribution in [0.5, 0.6) is 0 Å². The first kappa shape index (κ1) is 18.9. The summed E-state index contributed by atoms with van der Waals surface area (Å²) in [7, 11) is -1.41. The van der Waals surface area contributed by atoms with Gasteiger partial charge < -0.3 is 9.83 Å². The maximum absolute atomic E-state index is 12.5. The van der Waals surface area contributed by atoms with Crippen molar-refractivity contribution < 1.29 is 14.1 Å². The SMILES string of the molecule is O=C(O)c1ccc(CCc2ccccc2)cc1NS(=O)Cc1ccccc1. The van der Waals surface area contributed by atoms with Gasteiger partial charge in [0.1, 0.15) is 11.0 Å². The van der Waals surface area contributed by atoms with Crippen molar-refractivity contribution in [3.63, 3.8) is 0 Å². The van der Waals surface area contributed by atoms with Gasteiger partial charge in [0.2, 0.25) is 0 Å². The lowest BCUT2D eigenvalue weighted by atomic mass is 10.0. The normalized spacial score (nSPS) is 11.7. The molecule has 2 N–H and O–H groups in total. The first-order valence-electron chi connectivity index (χ1n) is 8.71. The first-order valence-corrected chi connectivity index (χ1v) is 10.0. The summed E-state index contributed by atoms with van der Waals surface area (Å²) in [5, 5.41) is 9.43. The van der Waals surface area contributed by atoms with Gasteiger partial charge in [-0.05, 0) is 41.7 Å². The van der Waals surface area contributed by atoms with Gasteiger partial charge in [0.05, 0.1) is 17.0 Å². The summed E-state index contributed by atoms with van der Waals surface area (Å²) in [6, 6.07) is 24.8. The largest absolute Gasteiger partial charge is 0.478 e. The Morgan fingerprint density at radius 3 is 2.04 bits per heavy atom. The fraction of sp³-hybridized carbons (Fsp3) is 0.136. The molecular weight excluding hydrogens is 358 g/mol. The Kier molecular flexibility index (Phi) is 6.39. The average Bonchev–Trinajstić information content (AvgIpc) is 2.68. The summed E-state index contributed by atoms with van der Waals surface area (Å²) in [4.78, 5) is 11.5. The minimum atomic E-state index is -1.41. The molecule has 27 heavy (non-hydrogen) atoms. The van der Waals surface area contributed by atoms with E-state index < -0.39 is 17.0 Å². The van der Waals surface area contributed by atoms with Gasteiger partial charge in [-0.15, -0.1) is 0 Å². The number of aryl methyl sites for hydroxylation is 2. The maximum atomic E-state index is 12.5. The molecule has 0 radical (unpaired) electrons. The molecule has 5 heteroatoms. The molecule has 0 saturated carbocycles. The van der Waals surface area contributed by atoms with E-state index >= 15 is 0 Å². The topological polar surface area (TPSA) is 66.4 Å². The van der Waals surface area contributed by atoms with E-state index in [9.17, 15) is 14.1 Å². The van der Waals surface area contributed by atoms with Crippen molar-refractivity contribution in [2.45, 2.75) is 18.6 Å². The van der Waals surface area contributed by atoms with Crippen LogP contribution >= 0.6 is 0 Å². The van der Waals surface area contributed by atoms with Crippen molar-refractivity contribution >= 4 is 22.6 Å². The molecule has 1 atom stereocenters. The second-order valence-corrected chi connectivity index (χ2v) is 7.43. The molecule has 0 saturated heterocycles. The average molecular weight is 379 g/mol. The molecule has 0 aliphatic heterocycles. The Labute approximate surface area is 161 Å². The van der Waals surface area contributed by atoms with E-state index in [-0.39, 0.29) is 5.56 Å². The van der Waals surface area contributed by atoms with Crippen LogP contribution in [-0.4, -0.2) is 15.3 Å². The van der Waals surface area contributed by atoms with Crippen molar-refractivity contribution in [3.05, 3.63) is 101 Å². The third-order valence-electron chi connectivity index (χ3n) is 4.22. The van der Waals surface area contributed by atoms with Crippen molar-refractivity contribution in [2.75, 3.05) is 4.72 Å². The molecule has 1 unspecified atom stereocenters. The second-order valence-electron chi connectivity index (χ2n) is 6.25. The number of carbonyl (C=O) groups is 1. The highest BCUT2D eigenvalue weighted by Gasteiger charge is 2.13. The fourth-order valence-corrected chi connectivity index (χ4v) is 3.82. The number of carboxylic acids is 1. The highest BCUT2D eigenvalue weighted by molar-refractivity contribution is 7.85. The Morgan fingerprint density at radius 2 is 1.41 bits per heavy atom. The number of aromatic carboxylic acids is 1. The number of anilines is 1. The van der Waals surface area contributed by atoms with Gasteiger partial charge in [0.15, 0.2) is 0 Å². The summed E-state index contributed by atoms with van der Waals surface area (Å²) in [6.45, 7) is 0. The molecule has 138 valence electrons. The highest BCUT2D eigenvalue weighted by Crippen LogP contribution is 2.21. The molecule has 0 aliphatic rings. The molecule has 0 aliphatic carbocycles. The van der Waals surface area contributed by atoms with Gasteiger partial charge in [-0.1, -0.05) is 66.7 Å². The highest BCUT2D eigenvalue weighted by atomic mass is 32.2. The third-order valence-corrected chi connectivity index (χ3v) is 5.27. The van der Waals surface area contributed by atoms with Crippen LogP contribution in [0.2, 0.25) is 0 Å². The standard InChI is InChI=1S/C22H21NO3S/c24-22(25)20-14-13-18(12-11-17-7-3-1-4-8-17)15-21(20)23-27(26)16-19-9-5-2-6-10-19/h1-10,13-15,23H,11-12,16H2,(H,24,25). The van der Waals surface area contributed by atoms with Crippen LogP contribution < -0.4 is 4.72 Å². The minimum absolute atomic E-state index is 0.125. The lowest BCUT2D eigenvalue weighted by Gasteiger charge is -2.12. The van der Waals surface area contributed by atoms with Gasteiger partial charge in [-0.2, -0.15) is 0 Å². The van der Waals surface area contributed by atoms with E-state index in [0.717, 1.165) is 24.0 Å². The second kappa shape index (κ2) is 9.14. The van der Waals surface area contributed by atoms with Gasteiger partial charge >= 0.3 is 5.97 Å². The minimum Gasteiger partial charge on any atom is -0.478 e. The first-order chi connectivity index (χ1) is 13.1. The smallest absolute Gasteiger partial charge is 0.337 e.